The maximum atomic E-state index is 11.8. The summed E-state index contributed by atoms with van der Waals surface area (Å²) >= 11 is 0. The molecule has 6 heteroatoms. The van der Waals surface area contributed by atoms with Crippen molar-refractivity contribution in [1.29, 1.82) is 0 Å². The topological polar surface area (TPSA) is 65.8 Å². The van der Waals surface area contributed by atoms with Gasteiger partial charge in [0, 0.05) is 39.2 Å². The summed E-state index contributed by atoms with van der Waals surface area (Å²) in [5.74, 6) is 0.486. The average molecular weight is 237 g/mol. The predicted octanol–water partition coefficient (Wildman–Crippen LogP) is 0.976. The molecule has 2 heterocycles. The molecule has 1 aromatic heterocycles. The molecule has 1 fully saturated rings. The monoisotopic (exact) mass is 237 g/mol. The average Bonchev–Trinajstić information content (AvgIpc) is 2.82. The number of nitrogens with zero attached hydrogens (tertiary/aromatic N) is 2. The molecule has 0 radical (unpaired) electrons. The Labute approximate surface area is 99.2 Å². The van der Waals surface area contributed by atoms with Crippen molar-refractivity contribution in [2.45, 2.75) is 6.92 Å². The third-order valence-corrected chi connectivity index (χ3v) is 2.76. The maximum absolute atomic E-state index is 11.8. The fourth-order valence-corrected chi connectivity index (χ4v) is 1.76. The molecular weight excluding hydrogens is 222 g/mol. The predicted molar refractivity (Wildman–Crippen MR) is 61.6 cm³/mol. The lowest BCUT2D eigenvalue weighted by Gasteiger charge is -2.33. The molecule has 0 unspecified atom stereocenters. The van der Waals surface area contributed by atoms with Gasteiger partial charge in [-0.15, -0.1) is 0 Å². The molecule has 0 aliphatic carbocycles. The van der Waals surface area contributed by atoms with Crippen LogP contribution in [0.25, 0.3) is 0 Å². The molecule has 0 saturated carbocycles. The number of anilines is 1. The number of carbonyl (C=O) groups excluding carboxylic acids is 2. The minimum Gasteiger partial charge on any atom is -0.449 e. The number of rotatable bonds is 1. The number of carbonyl (C=O) groups is 2. The van der Waals surface area contributed by atoms with Gasteiger partial charge < -0.3 is 14.2 Å². The number of nitrogens with one attached hydrogen (secondary N) is 1. The van der Waals surface area contributed by atoms with Crippen LogP contribution >= 0.6 is 0 Å². The van der Waals surface area contributed by atoms with Gasteiger partial charge in [-0.1, -0.05) is 0 Å². The van der Waals surface area contributed by atoms with E-state index >= 15 is 0 Å². The smallest absolute Gasteiger partial charge is 0.324 e. The van der Waals surface area contributed by atoms with E-state index in [2.05, 4.69) is 5.32 Å². The summed E-state index contributed by atoms with van der Waals surface area (Å²) in [6.07, 6.45) is 1.50. The second kappa shape index (κ2) is 4.90. The Morgan fingerprint density at radius 2 is 1.88 bits per heavy atom. The van der Waals surface area contributed by atoms with Crippen LogP contribution in [0.15, 0.2) is 22.8 Å². The third kappa shape index (κ3) is 2.77. The van der Waals surface area contributed by atoms with Crippen LogP contribution in [0.3, 0.4) is 0 Å². The lowest BCUT2D eigenvalue weighted by molar-refractivity contribution is -0.130. The summed E-state index contributed by atoms with van der Waals surface area (Å²) in [5, 5.41) is 2.65. The highest BCUT2D eigenvalue weighted by Crippen LogP contribution is 2.09. The fourth-order valence-electron chi connectivity index (χ4n) is 1.76. The maximum Gasteiger partial charge on any atom is 0.324 e. The summed E-state index contributed by atoms with van der Waals surface area (Å²) in [5.41, 5.74) is 0. The number of urea groups is 1. The number of hydrogen-bond acceptors (Lipinski definition) is 3. The van der Waals surface area contributed by atoms with Crippen molar-refractivity contribution in [2.24, 2.45) is 0 Å². The number of piperazine rings is 1. The standard InChI is InChI=1S/C11H15N3O3/c1-9(15)13-4-6-14(7-5-13)11(16)12-10-3-2-8-17-10/h2-3,8H,4-7H2,1H3,(H,12,16). The summed E-state index contributed by atoms with van der Waals surface area (Å²) in [7, 11) is 0. The van der Waals surface area contributed by atoms with Crippen LogP contribution in [-0.2, 0) is 4.79 Å². The van der Waals surface area contributed by atoms with Crippen molar-refractivity contribution < 1.29 is 14.0 Å². The molecule has 17 heavy (non-hydrogen) atoms. The Morgan fingerprint density at radius 1 is 1.24 bits per heavy atom. The minimum absolute atomic E-state index is 0.0519. The van der Waals surface area contributed by atoms with Gasteiger partial charge in [0.05, 0.1) is 6.26 Å². The second-order valence-electron chi connectivity index (χ2n) is 3.90. The van der Waals surface area contributed by atoms with E-state index in [1.807, 2.05) is 0 Å². The van der Waals surface area contributed by atoms with Crippen LogP contribution in [0.1, 0.15) is 6.92 Å². The molecule has 1 saturated heterocycles. The zero-order valence-corrected chi connectivity index (χ0v) is 9.68. The zero-order valence-electron chi connectivity index (χ0n) is 9.68. The molecule has 92 valence electrons. The molecule has 0 spiro atoms. The molecule has 1 aliphatic heterocycles. The molecule has 1 N–H and O–H groups in total. The summed E-state index contributed by atoms with van der Waals surface area (Å²) < 4.78 is 5.03. The number of hydrogen-bond donors (Lipinski definition) is 1. The Kier molecular flexibility index (Phi) is 3.32. The summed E-state index contributed by atoms with van der Waals surface area (Å²) in [6.45, 7) is 3.80. The molecule has 1 aromatic rings. The molecule has 2 rings (SSSR count). The highest BCUT2D eigenvalue weighted by atomic mass is 16.3. The first-order valence-electron chi connectivity index (χ1n) is 5.52. The van der Waals surface area contributed by atoms with Crippen LogP contribution in [0.5, 0.6) is 0 Å². The quantitative estimate of drug-likeness (QED) is 0.791. The Balaban J connectivity index is 1.84. The number of furan rings is 1. The summed E-state index contributed by atoms with van der Waals surface area (Å²) in [4.78, 5) is 26.3. The van der Waals surface area contributed by atoms with Crippen molar-refractivity contribution in [1.82, 2.24) is 9.80 Å². The van der Waals surface area contributed by atoms with E-state index in [0.29, 0.717) is 32.1 Å². The Bertz CT molecular complexity index is 394. The van der Waals surface area contributed by atoms with Crippen molar-refractivity contribution >= 4 is 17.8 Å². The van der Waals surface area contributed by atoms with Gasteiger partial charge in [0.1, 0.15) is 0 Å². The van der Waals surface area contributed by atoms with Crippen LogP contribution in [0.4, 0.5) is 10.7 Å². The van der Waals surface area contributed by atoms with Crippen molar-refractivity contribution in [3.63, 3.8) is 0 Å². The van der Waals surface area contributed by atoms with Crippen molar-refractivity contribution in [3.8, 4) is 0 Å². The molecule has 1 aliphatic rings. The van der Waals surface area contributed by atoms with Gasteiger partial charge in [-0.05, 0) is 6.07 Å². The van der Waals surface area contributed by atoms with Gasteiger partial charge in [-0.2, -0.15) is 0 Å². The van der Waals surface area contributed by atoms with Crippen LogP contribution < -0.4 is 5.32 Å². The van der Waals surface area contributed by atoms with Gasteiger partial charge in [0.25, 0.3) is 0 Å². The van der Waals surface area contributed by atoms with E-state index in [0.717, 1.165) is 0 Å². The molecule has 0 aromatic carbocycles. The van der Waals surface area contributed by atoms with Crippen LogP contribution in [0, 0.1) is 0 Å². The van der Waals surface area contributed by atoms with E-state index in [9.17, 15) is 9.59 Å². The lowest BCUT2D eigenvalue weighted by Crippen LogP contribution is -2.51. The molecule has 3 amide bonds. The second-order valence-corrected chi connectivity index (χ2v) is 3.90. The van der Waals surface area contributed by atoms with Gasteiger partial charge in [0.2, 0.25) is 11.8 Å². The van der Waals surface area contributed by atoms with E-state index in [1.165, 1.54) is 6.26 Å². The largest absolute Gasteiger partial charge is 0.449 e. The van der Waals surface area contributed by atoms with Crippen molar-refractivity contribution in [2.75, 3.05) is 31.5 Å². The van der Waals surface area contributed by atoms with Gasteiger partial charge in [0.15, 0.2) is 0 Å². The highest BCUT2D eigenvalue weighted by molar-refractivity contribution is 5.88. The van der Waals surface area contributed by atoms with E-state index in [4.69, 9.17) is 4.42 Å². The van der Waals surface area contributed by atoms with Crippen LogP contribution in [0.2, 0.25) is 0 Å². The third-order valence-electron chi connectivity index (χ3n) is 2.76. The number of amides is 3. The van der Waals surface area contributed by atoms with Crippen LogP contribution in [-0.4, -0.2) is 47.9 Å². The SMILES string of the molecule is CC(=O)N1CCN(C(=O)Nc2ccco2)CC1. The highest BCUT2D eigenvalue weighted by Gasteiger charge is 2.22. The van der Waals surface area contributed by atoms with Gasteiger partial charge in [-0.3, -0.25) is 10.1 Å². The molecular formula is C11H15N3O3. The fraction of sp³-hybridized carbons (Fsp3) is 0.455. The van der Waals surface area contributed by atoms with E-state index in [1.54, 1.807) is 28.9 Å². The zero-order chi connectivity index (χ0) is 12.3. The van der Waals surface area contributed by atoms with Crippen molar-refractivity contribution in [3.05, 3.63) is 18.4 Å². The summed E-state index contributed by atoms with van der Waals surface area (Å²) in [6, 6.07) is 3.20. The first-order chi connectivity index (χ1) is 8.16. The normalized spacial score (nSPS) is 15.8. The molecule has 0 atom stereocenters. The Morgan fingerprint density at radius 3 is 2.41 bits per heavy atom. The van der Waals surface area contributed by atoms with Gasteiger partial charge in [-0.25, -0.2) is 4.79 Å². The Hall–Kier alpha value is -1.98. The molecule has 6 nitrogen and oxygen atoms in total. The van der Waals surface area contributed by atoms with E-state index in [-0.39, 0.29) is 11.9 Å². The van der Waals surface area contributed by atoms with Gasteiger partial charge >= 0.3 is 6.03 Å². The minimum atomic E-state index is -0.192. The van der Waals surface area contributed by atoms with E-state index < -0.39 is 0 Å². The molecule has 0 bridgehead atoms. The first kappa shape index (κ1) is 11.5. The first-order valence-corrected chi connectivity index (χ1v) is 5.52. The lowest BCUT2D eigenvalue weighted by atomic mass is 10.3.